The number of hydrogen-bond donors (Lipinski definition) is 2. The summed E-state index contributed by atoms with van der Waals surface area (Å²) in [5.74, 6) is -4.26. The lowest BCUT2D eigenvalue weighted by molar-refractivity contribution is -0.139. The minimum Gasteiger partial charge on any atom is -0.480 e. The number of benzene rings is 1. The molecule has 0 radical (unpaired) electrons. The van der Waals surface area contributed by atoms with Crippen LogP contribution in [0.5, 0.6) is 0 Å². The quantitative estimate of drug-likeness (QED) is 0.324. The first-order valence-corrected chi connectivity index (χ1v) is 8.94. The number of amides is 2. The molecule has 2 atom stereocenters. The summed E-state index contributed by atoms with van der Waals surface area (Å²) in [6.07, 6.45) is 0.112. The van der Waals surface area contributed by atoms with E-state index in [-0.39, 0.29) is 55.2 Å². The number of fused-ring (bicyclic) bond motifs is 1. The third-order valence-corrected chi connectivity index (χ3v) is 4.95. The number of halogens is 1. The molecule has 1 aliphatic heterocycles. The Morgan fingerprint density at radius 2 is 2.04 bits per heavy atom. The van der Waals surface area contributed by atoms with Gasteiger partial charge in [-0.2, -0.15) is 0 Å². The number of nitrogens with zero attached hydrogens (tertiary/aromatic N) is 1. The molecule has 9 heteroatoms. The van der Waals surface area contributed by atoms with Crippen LogP contribution in [0, 0.1) is 17.1 Å². The van der Waals surface area contributed by atoms with Crippen LogP contribution in [-0.2, 0) is 14.3 Å². The van der Waals surface area contributed by atoms with E-state index in [1.165, 1.54) is 12.1 Å². The molecule has 1 saturated carbocycles. The number of Topliss-reactive ketones (excluding diaryl/α,β-unsaturated/α-hetero) is 2. The molecule has 0 bridgehead atoms. The van der Waals surface area contributed by atoms with Gasteiger partial charge < -0.3 is 10.1 Å². The van der Waals surface area contributed by atoms with Crippen LogP contribution in [0.3, 0.4) is 0 Å². The Kier molecular flexibility index (Phi) is 5.64. The van der Waals surface area contributed by atoms with Crippen molar-refractivity contribution in [2.45, 2.75) is 25.3 Å². The highest BCUT2D eigenvalue weighted by atomic mass is 19.1. The molecule has 28 heavy (non-hydrogen) atoms. The number of carbonyl (C=O) groups is 4. The highest BCUT2D eigenvalue weighted by molar-refractivity contribution is 6.24. The van der Waals surface area contributed by atoms with Crippen molar-refractivity contribution in [1.29, 1.82) is 5.41 Å². The van der Waals surface area contributed by atoms with Gasteiger partial charge in [-0.25, -0.2) is 4.39 Å². The molecule has 0 spiro atoms. The van der Waals surface area contributed by atoms with Crippen LogP contribution in [-0.4, -0.2) is 60.4 Å². The SMILES string of the molecule is CNCC(=N)OCCC1C(=O)CCC(N2C(=O)c3cccc(F)c3C2=O)C1=O. The van der Waals surface area contributed by atoms with E-state index in [1.807, 2.05) is 0 Å². The summed E-state index contributed by atoms with van der Waals surface area (Å²) in [7, 11) is 1.65. The van der Waals surface area contributed by atoms with Crippen molar-refractivity contribution in [3.63, 3.8) is 0 Å². The Hall–Kier alpha value is -2.94. The molecule has 1 aliphatic carbocycles. The summed E-state index contributed by atoms with van der Waals surface area (Å²) in [6, 6.07) is 2.65. The minimum atomic E-state index is -1.11. The standard InChI is InChI=1S/C19H20FN3O5/c1-22-9-15(21)28-8-7-10-14(24)6-5-13(17(10)25)23-18(26)11-3-2-4-12(20)16(11)19(23)27/h2-4,10,13,21-22H,5-9H2,1H3. The molecule has 1 fully saturated rings. The van der Waals surface area contributed by atoms with Gasteiger partial charge in [-0.05, 0) is 32.0 Å². The first kappa shape index (κ1) is 19.8. The fourth-order valence-electron chi connectivity index (χ4n) is 3.60. The van der Waals surface area contributed by atoms with Crippen molar-refractivity contribution in [3.8, 4) is 0 Å². The van der Waals surface area contributed by atoms with E-state index in [2.05, 4.69) is 5.32 Å². The van der Waals surface area contributed by atoms with Gasteiger partial charge in [0, 0.05) is 6.42 Å². The minimum absolute atomic E-state index is 0.00781. The number of nitrogens with one attached hydrogen (secondary N) is 2. The zero-order chi connectivity index (χ0) is 20.4. The highest BCUT2D eigenvalue weighted by Crippen LogP contribution is 2.32. The number of ether oxygens (including phenoxy) is 1. The lowest BCUT2D eigenvalue weighted by atomic mass is 9.81. The van der Waals surface area contributed by atoms with Crippen LogP contribution >= 0.6 is 0 Å². The first-order chi connectivity index (χ1) is 13.4. The maximum Gasteiger partial charge on any atom is 0.265 e. The number of ketones is 2. The smallest absolute Gasteiger partial charge is 0.265 e. The summed E-state index contributed by atoms with van der Waals surface area (Å²) in [6.45, 7) is 0.210. The maximum absolute atomic E-state index is 14.0. The van der Waals surface area contributed by atoms with Crippen LogP contribution in [0.4, 0.5) is 4.39 Å². The lowest BCUT2D eigenvalue weighted by Crippen LogP contribution is -2.51. The summed E-state index contributed by atoms with van der Waals surface area (Å²) in [5.41, 5.74) is -0.410. The van der Waals surface area contributed by atoms with Gasteiger partial charge in [0.25, 0.3) is 11.8 Å². The van der Waals surface area contributed by atoms with Gasteiger partial charge in [0.05, 0.1) is 36.2 Å². The summed E-state index contributed by atoms with van der Waals surface area (Å²) >= 11 is 0. The third kappa shape index (κ3) is 3.45. The molecular formula is C19H20FN3O5. The number of carbonyl (C=O) groups excluding carboxylic acids is 4. The second kappa shape index (κ2) is 7.97. The van der Waals surface area contributed by atoms with Gasteiger partial charge in [0.2, 0.25) is 0 Å². The van der Waals surface area contributed by atoms with E-state index in [1.54, 1.807) is 7.05 Å². The third-order valence-electron chi connectivity index (χ3n) is 4.95. The van der Waals surface area contributed by atoms with Crippen molar-refractivity contribution in [2.75, 3.05) is 20.2 Å². The topological polar surface area (TPSA) is 117 Å². The van der Waals surface area contributed by atoms with Crippen LogP contribution in [0.2, 0.25) is 0 Å². The van der Waals surface area contributed by atoms with Crippen LogP contribution < -0.4 is 5.32 Å². The van der Waals surface area contributed by atoms with E-state index in [0.29, 0.717) is 0 Å². The predicted octanol–water partition coefficient (Wildman–Crippen LogP) is 0.942. The van der Waals surface area contributed by atoms with Crippen molar-refractivity contribution >= 4 is 29.3 Å². The van der Waals surface area contributed by atoms with E-state index in [9.17, 15) is 23.6 Å². The van der Waals surface area contributed by atoms with Crippen molar-refractivity contribution in [1.82, 2.24) is 10.2 Å². The maximum atomic E-state index is 14.0. The molecular weight excluding hydrogens is 369 g/mol. The van der Waals surface area contributed by atoms with Gasteiger partial charge in [-0.15, -0.1) is 0 Å². The Morgan fingerprint density at radius 3 is 2.71 bits per heavy atom. The van der Waals surface area contributed by atoms with Gasteiger partial charge in [0.15, 0.2) is 11.7 Å². The average molecular weight is 389 g/mol. The summed E-state index contributed by atoms with van der Waals surface area (Å²) < 4.78 is 19.2. The molecule has 1 aromatic rings. The Labute approximate surface area is 160 Å². The Bertz CT molecular complexity index is 869. The number of hydrogen-bond acceptors (Lipinski definition) is 7. The fourth-order valence-corrected chi connectivity index (χ4v) is 3.60. The second-order valence-corrected chi connectivity index (χ2v) is 6.71. The summed E-state index contributed by atoms with van der Waals surface area (Å²) in [5, 5.41) is 10.3. The Morgan fingerprint density at radius 1 is 1.29 bits per heavy atom. The van der Waals surface area contributed by atoms with Crippen molar-refractivity contribution in [2.24, 2.45) is 5.92 Å². The number of likely N-dealkylation sites (N-methyl/N-ethyl adjacent to an activating group) is 1. The molecule has 8 nitrogen and oxygen atoms in total. The summed E-state index contributed by atoms with van der Waals surface area (Å²) in [4.78, 5) is 51.1. The molecule has 0 saturated heterocycles. The molecule has 1 heterocycles. The van der Waals surface area contributed by atoms with Crippen molar-refractivity contribution < 1.29 is 28.3 Å². The zero-order valence-corrected chi connectivity index (χ0v) is 15.3. The van der Waals surface area contributed by atoms with Gasteiger partial charge >= 0.3 is 0 Å². The molecule has 148 valence electrons. The van der Waals surface area contributed by atoms with E-state index in [0.717, 1.165) is 11.0 Å². The molecule has 0 aromatic heterocycles. The molecule has 2 amide bonds. The van der Waals surface area contributed by atoms with Gasteiger partial charge in [0.1, 0.15) is 11.6 Å². The largest absolute Gasteiger partial charge is 0.480 e. The molecule has 2 N–H and O–H groups in total. The van der Waals surface area contributed by atoms with E-state index in [4.69, 9.17) is 10.1 Å². The zero-order valence-electron chi connectivity index (χ0n) is 15.3. The average Bonchev–Trinajstić information content (AvgIpc) is 2.90. The fraction of sp³-hybridized carbons (Fsp3) is 0.421. The van der Waals surface area contributed by atoms with Gasteiger partial charge in [-0.3, -0.25) is 29.5 Å². The van der Waals surface area contributed by atoms with Gasteiger partial charge in [-0.1, -0.05) is 6.07 Å². The first-order valence-electron chi connectivity index (χ1n) is 8.94. The molecule has 2 aliphatic rings. The number of rotatable bonds is 6. The molecule has 3 rings (SSSR count). The predicted molar refractivity (Wildman–Crippen MR) is 95.6 cm³/mol. The van der Waals surface area contributed by atoms with E-state index < -0.39 is 35.4 Å². The van der Waals surface area contributed by atoms with E-state index >= 15 is 0 Å². The lowest BCUT2D eigenvalue weighted by Gasteiger charge is -2.32. The van der Waals surface area contributed by atoms with Crippen LogP contribution in [0.25, 0.3) is 0 Å². The molecule has 2 unspecified atom stereocenters. The van der Waals surface area contributed by atoms with Crippen LogP contribution in [0.15, 0.2) is 18.2 Å². The van der Waals surface area contributed by atoms with Crippen molar-refractivity contribution in [3.05, 3.63) is 35.1 Å². The monoisotopic (exact) mass is 389 g/mol. The molecule has 1 aromatic carbocycles. The second-order valence-electron chi connectivity index (χ2n) is 6.71. The highest BCUT2D eigenvalue weighted by Gasteiger charge is 2.48. The van der Waals surface area contributed by atoms with Crippen LogP contribution in [0.1, 0.15) is 40.0 Å². The number of imide groups is 1. The normalized spacial score (nSPS) is 21.9. The Balaban J connectivity index is 1.75.